The van der Waals surface area contributed by atoms with Crippen molar-refractivity contribution in [3.8, 4) is 0 Å². The molecule has 0 saturated heterocycles. The monoisotopic (exact) mass is 314 g/mol. The summed E-state index contributed by atoms with van der Waals surface area (Å²) in [5, 5.41) is 11.0. The lowest BCUT2D eigenvalue weighted by Crippen LogP contribution is -2.30. The van der Waals surface area contributed by atoms with E-state index in [0.29, 0.717) is 0 Å². The zero-order valence-corrected chi connectivity index (χ0v) is 12.4. The lowest BCUT2D eigenvalue weighted by Gasteiger charge is -2.17. The first kappa shape index (κ1) is 16.9. The normalized spacial score (nSPS) is 10.0. The predicted molar refractivity (Wildman–Crippen MR) is 76.3 cm³/mol. The first-order valence-electron chi connectivity index (χ1n) is 6.22. The van der Waals surface area contributed by atoms with Gasteiger partial charge >= 0.3 is 5.97 Å². The molecular weight excluding hydrogens is 300 g/mol. The highest BCUT2D eigenvalue weighted by Crippen LogP contribution is 2.27. The highest BCUT2D eigenvalue weighted by molar-refractivity contribution is 6.34. The summed E-state index contributed by atoms with van der Waals surface area (Å²) in [6.07, 6.45) is 0.00826. The number of hydrogen-bond donors (Lipinski definition) is 0. The van der Waals surface area contributed by atoms with Crippen molar-refractivity contribution < 1.29 is 19.2 Å². The summed E-state index contributed by atoms with van der Waals surface area (Å²) in [6, 6.07) is 4.01. The van der Waals surface area contributed by atoms with Crippen molar-refractivity contribution in [2.45, 2.75) is 13.3 Å². The van der Waals surface area contributed by atoms with Gasteiger partial charge in [0.15, 0.2) is 0 Å². The van der Waals surface area contributed by atoms with E-state index < -0.39 is 16.8 Å². The van der Waals surface area contributed by atoms with Gasteiger partial charge in [0, 0.05) is 19.7 Å². The van der Waals surface area contributed by atoms with Gasteiger partial charge in [-0.05, 0) is 13.0 Å². The molecule has 0 aliphatic carbocycles. The Kier molecular flexibility index (Phi) is 6.10. The first-order chi connectivity index (χ1) is 9.88. The van der Waals surface area contributed by atoms with Crippen LogP contribution >= 0.6 is 11.6 Å². The number of rotatable bonds is 6. The largest absolute Gasteiger partial charge is 0.466 e. The van der Waals surface area contributed by atoms with Crippen LogP contribution in [0.5, 0.6) is 0 Å². The van der Waals surface area contributed by atoms with E-state index in [1.54, 1.807) is 6.92 Å². The standard InChI is InChI=1S/C13H15ClN2O5/c1-3-21-11(17)7-8-15(2)13(18)12-9(14)5-4-6-10(12)16(19)20/h4-6H,3,7-8H2,1-2H3. The molecule has 1 amide bonds. The van der Waals surface area contributed by atoms with E-state index in [2.05, 4.69) is 0 Å². The highest BCUT2D eigenvalue weighted by Gasteiger charge is 2.26. The molecule has 0 aliphatic rings. The number of benzene rings is 1. The van der Waals surface area contributed by atoms with E-state index >= 15 is 0 Å². The summed E-state index contributed by atoms with van der Waals surface area (Å²) in [5.41, 5.74) is -0.550. The predicted octanol–water partition coefficient (Wildman–Crippen LogP) is 2.27. The Morgan fingerprint density at radius 3 is 2.67 bits per heavy atom. The number of nitro groups is 1. The average molecular weight is 315 g/mol. The Labute approximate surface area is 126 Å². The summed E-state index contributed by atoms with van der Waals surface area (Å²) >= 11 is 5.88. The van der Waals surface area contributed by atoms with Gasteiger partial charge in [0.25, 0.3) is 11.6 Å². The quantitative estimate of drug-likeness (QED) is 0.456. The van der Waals surface area contributed by atoms with E-state index in [0.717, 1.165) is 0 Å². The second-order valence-electron chi connectivity index (χ2n) is 4.17. The zero-order chi connectivity index (χ0) is 16.0. The van der Waals surface area contributed by atoms with Crippen LogP contribution in [0.3, 0.4) is 0 Å². The molecule has 7 nitrogen and oxygen atoms in total. The molecule has 0 radical (unpaired) electrons. The molecule has 114 valence electrons. The molecule has 0 aromatic heterocycles. The number of carbonyl (C=O) groups excluding carboxylic acids is 2. The Balaban J connectivity index is 2.88. The fraction of sp³-hybridized carbons (Fsp3) is 0.385. The molecule has 0 spiro atoms. The molecule has 0 heterocycles. The van der Waals surface area contributed by atoms with Gasteiger partial charge in [-0.3, -0.25) is 19.7 Å². The number of nitro benzene ring substituents is 1. The first-order valence-corrected chi connectivity index (χ1v) is 6.60. The Bertz CT molecular complexity index is 561. The van der Waals surface area contributed by atoms with Crippen LogP contribution < -0.4 is 0 Å². The van der Waals surface area contributed by atoms with E-state index in [1.807, 2.05) is 0 Å². The van der Waals surface area contributed by atoms with Gasteiger partial charge in [-0.1, -0.05) is 17.7 Å². The molecule has 1 rings (SSSR count). The van der Waals surface area contributed by atoms with Crippen LogP contribution in [0.25, 0.3) is 0 Å². The van der Waals surface area contributed by atoms with Crippen LogP contribution in [0.2, 0.25) is 5.02 Å². The van der Waals surface area contributed by atoms with Crippen LogP contribution in [0.15, 0.2) is 18.2 Å². The Hall–Kier alpha value is -2.15. The maximum absolute atomic E-state index is 12.2. The molecule has 0 N–H and O–H groups in total. The lowest BCUT2D eigenvalue weighted by molar-refractivity contribution is -0.385. The number of nitrogens with zero attached hydrogens (tertiary/aromatic N) is 2. The van der Waals surface area contributed by atoms with Crippen LogP contribution in [0, 0.1) is 10.1 Å². The lowest BCUT2D eigenvalue weighted by atomic mass is 10.1. The molecule has 1 aromatic rings. The van der Waals surface area contributed by atoms with Gasteiger partial charge in [0.05, 0.1) is 23.0 Å². The van der Waals surface area contributed by atoms with Crippen LogP contribution in [0.1, 0.15) is 23.7 Å². The number of halogens is 1. The Morgan fingerprint density at radius 1 is 1.43 bits per heavy atom. The summed E-state index contributed by atoms with van der Waals surface area (Å²) < 4.78 is 4.75. The van der Waals surface area contributed by atoms with Gasteiger partial charge in [0.2, 0.25) is 0 Å². The van der Waals surface area contributed by atoms with Crippen LogP contribution in [-0.4, -0.2) is 41.9 Å². The topological polar surface area (TPSA) is 89.8 Å². The van der Waals surface area contributed by atoms with Crippen molar-refractivity contribution in [2.75, 3.05) is 20.2 Å². The number of carbonyl (C=O) groups is 2. The maximum Gasteiger partial charge on any atom is 0.307 e. The maximum atomic E-state index is 12.2. The molecule has 1 aromatic carbocycles. The van der Waals surface area contributed by atoms with Crippen LogP contribution in [-0.2, 0) is 9.53 Å². The van der Waals surface area contributed by atoms with Gasteiger partial charge < -0.3 is 9.64 Å². The van der Waals surface area contributed by atoms with Gasteiger partial charge in [-0.2, -0.15) is 0 Å². The van der Waals surface area contributed by atoms with E-state index in [4.69, 9.17) is 16.3 Å². The fourth-order valence-corrected chi connectivity index (χ4v) is 1.91. The fourth-order valence-electron chi connectivity index (χ4n) is 1.66. The summed E-state index contributed by atoms with van der Waals surface area (Å²) in [4.78, 5) is 35.0. The molecule has 0 fully saturated rings. The SMILES string of the molecule is CCOC(=O)CCN(C)C(=O)c1c(Cl)cccc1[N+](=O)[O-]. The summed E-state index contributed by atoms with van der Waals surface area (Å²) in [5.74, 6) is -1.05. The van der Waals surface area contributed by atoms with Crippen molar-refractivity contribution in [1.29, 1.82) is 0 Å². The van der Waals surface area contributed by atoms with Crippen molar-refractivity contribution in [2.24, 2.45) is 0 Å². The zero-order valence-electron chi connectivity index (χ0n) is 11.7. The van der Waals surface area contributed by atoms with Gasteiger partial charge in [-0.25, -0.2) is 0 Å². The Morgan fingerprint density at radius 2 is 2.10 bits per heavy atom. The third kappa shape index (κ3) is 4.42. The minimum Gasteiger partial charge on any atom is -0.466 e. The van der Waals surface area contributed by atoms with Crippen molar-refractivity contribution in [3.63, 3.8) is 0 Å². The molecular formula is C13H15ClN2O5. The number of esters is 1. The summed E-state index contributed by atoms with van der Waals surface area (Å²) in [6.45, 7) is 2.02. The molecule has 8 heteroatoms. The molecule has 0 bridgehead atoms. The molecule has 0 aliphatic heterocycles. The highest BCUT2D eigenvalue weighted by atomic mass is 35.5. The third-order valence-corrected chi connectivity index (χ3v) is 3.02. The smallest absolute Gasteiger partial charge is 0.307 e. The number of amides is 1. The second-order valence-corrected chi connectivity index (χ2v) is 4.58. The third-order valence-electron chi connectivity index (χ3n) is 2.71. The average Bonchev–Trinajstić information content (AvgIpc) is 2.44. The van der Waals surface area contributed by atoms with Gasteiger partial charge in [-0.15, -0.1) is 0 Å². The molecule has 0 atom stereocenters. The summed E-state index contributed by atoms with van der Waals surface area (Å²) in [7, 11) is 1.44. The molecule has 0 unspecified atom stereocenters. The van der Waals surface area contributed by atoms with Crippen LogP contribution in [0.4, 0.5) is 5.69 Å². The van der Waals surface area contributed by atoms with Crippen molar-refractivity contribution in [1.82, 2.24) is 4.90 Å². The van der Waals surface area contributed by atoms with Crippen molar-refractivity contribution in [3.05, 3.63) is 38.9 Å². The number of ether oxygens (including phenoxy) is 1. The number of hydrogen-bond acceptors (Lipinski definition) is 5. The molecule has 21 heavy (non-hydrogen) atoms. The van der Waals surface area contributed by atoms with E-state index in [-0.39, 0.29) is 35.8 Å². The van der Waals surface area contributed by atoms with E-state index in [1.165, 1.54) is 30.1 Å². The minimum atomic E-state index is -0.668. The second kappa shape index (κ2) is 7.58. The minimum absolute atomic E-state index is 0.00261. The van der Waals surface area contributed by atoms with Crippen molar-refractivity contribution >= 4 is 29.2 Å². The van der Waals surface area contributed by atoms with E-state index in [9.17, 15) is 19.7 Å². The van der Waals surface area contributed by atoms with Gasteiger partial charge in [0.1, 0.15) is 5.56 Å². The molecule has 0 saturated carbocycles.